The second-order valence-corrected chi connectivity index (χ2v) is 9.55. The van der Waals surface area contributed by atoms with Gasteiger partial charge in [0.2, 0.25) is 5.91 Å². The molecule has 4 rings (SSSR count). The summed E-state index contributed by atoms with van der Waals surface area (Å²) in [7, 11) is 0. The van der Waals surface area contributed by atoms with Crippen molar-refractivity contribution < 1.29 is 9.59 Å². The van der Waals surface area contributed by atoms with Crippen LogP contribution in [0.4, 0.5) is 11.4 Å². The molecule has 1 unspecified atom stereocenters. The molecular formula is C26H32ClN3O2. The SMILES string of the molecule is CC(C)NC(=O)CC1CCCN(C(=O)c2ccc(N3CCCC3)cc2Cl)c2ccccc21. The van der Waals surface area contributed by atoms with Crippen molar-refractivity contribution in [2.45, 2.75) is 57.9 Å². The zero-order chi connectivity index (χ0) is 22.7. The predicted octanol–water partition coefficient (Wildman–Crippen LogP) is 5.38. The molecule has 5 nitrogen and oxygen atoms in total. The van der Waals surface area contributed by atoms with Gasteiger partial charge in [-0.15, -0.1) is 0 Å². The molecule has 0 spiro atoms. The van der Waals surface area contributed by atoms with Crippen LogP contribution in [0.15, 0.2) is 42.5 Å². The molecule has 1 atom stereocenters. The van der Waals surface area contributed by atoms with E-state index in [2.05, 4.69) is 10.2 Å². The van der Waals surface area contributed by atoms with E-state index in [1.54, 1.807) is 0 Å². The van der Waals surface area contributed by atoms with Gasteiger partial charge in [-0.1, -0.05) is 29.8 Å². The van der Waals surface area contributed by atoms with E-state index in [4.69, 9.17) is 11.6 Å². The third kappa shape index (κ3) is 4.93. The molecule has 0 bridgehead atoms. The Kier molecular flexibility index (Phi) is 7.04. The first kappa shape index (κ1) is 22.7. The summed E-state index contributed by atoms with van der Waals surface area (Å²) in [5.74, 6) is 0.0681. The molecule has 1 saturated heterocycles. The molecule has 1 N–H and O–H groups in total. The lowest BCUT2D eigenvalue weighted by Crippen LogP contribution is -2.32. The van der Waals surface area contributed by atoms with Gasteiger partial charge < -0.3 is 15.1 Å². The quantitative estimate of drug-likeness (QED) is 0.661. The number of nitrogens with zero attached hydrogens (tertiary/aromatic N) is 2. The summed E-state index contributed by atoms with van der Waals surface area (Å²) in [6.07, 6.45) is 4.53. The van der Waals surface area contributed by atoms with Gasteiger partial charge in [-0.2, -0.15) is 0 Å². The summed E-state index contributed by atoms with van der Waals surface area (Å²) in [5, 5.41) is 3.49. The number of carbonyl (C=O) groups excluding carboxylic acids is 2. The van der Waals surface area contributed by atoms with Gasteiger partial charge >= 0.3 is 0 Å². The van der Waals surface area contributed by atoms with Gasteiger partial charge in [0.25, 0.3) is 5.91 Å². The number of amides is 2. The number of halogens is 1. The summed E-state index contributed by atoms with van der Waals surface area (Å²) in [6.45, 7) is 6.63. The van der Waals surface area contributed by atoms with Gasteiger partial charge in [0.15, 0.2) is 0 Å². The van der Waals surface area contributed by atoms with Crippen LogP contribution >= 0.6 is 11.6 Å². The Labute approximate surface area is 195 Å². The molecule has 0 radical (unpaired) electrons. The maximum atomic E-state index is 13.6. The number of hydrogen-bond donors (Lipinski definition) is 1. The predicted molar refractivity (Wildman–Crippen MR) is 131 cm³/mol. The fourth-order valence-electron chi connectivity index (χ4n) is 4.87. The van der Waals surface area contributed by atoms with Crippen LogP contribution in [0.3, 0.4) is 0 Å². The van der Waals surface area contributed by atoms with E-state index in [1.807, 2.05) is 61.2 Å². The van der Waals surface area contributed by atoms with Crippen LogP contribution in [0.1, 0.15) is 67.8 Å². The first-order valence-electron chi connectivity index (χ1n) is 11.7. The maximum Gasteiger partial charge on any atom is 0.259 e. The Balaban J connectivity index is 1.59. The first-order chi connectivity index (χ1) is 15.4. The van der Waals surface area contributed by atoms with E-state index in [0.717, 1.165) is 42.9 Å². The summed E-state index contributed by atoms with van der Waals surface area (Å²) in [6, 6.07) is 13.9. The third-order valence-corrected chi connectivity index (χ3v) is 6.70. The molecule has 6 heteroatoms. The normalized spacial score (nSPS) is 18.4. The second-order valence-electron chi connectivity index (χ2n) is 9.14. The van der Waals surface area contributed by atoms with Gasteiger partial charge in [0, 0.05) is 43.5 Å². The Morgan fingerprint density at radius 2 is 1.81 bits per heavy atom. The van der Waals surface area contributed by atoms with Crippen molar-refractivity contribution in [1.29, 1.82) is 0 Å². The van der Waals surface area contributed by atoms with Crippen LogP contribution in [0, 0.1) is 0 Å². The van der Waals surface area contributed by atoms with Gasteiger partial charge in [-0.25, -0.2) is 0 Å². The van der Waals surface area contributed by atoms with Crippen molar-refractivity contribution in [3.8, 4) is 0 Å². The maximum absolute atomic E-state index is 13.6. The van der Waals surface area contributed by atoms with E-state index in [-0.39, 0.29) is 23.8 Å². The molecule has 0 aliphatic carbocycles. The van der Waals surface area contributed by atoms with Crippen LogP contribution in [0.25, 0.3) is 0 Å². The lowest BCUT2D eigenvalue weighted by atomic mass is 9.90. The fourth-order valence-corrected chi connectivity index (χ4v) is 5.13. The zero-order valence-electron chi connectivity index (χ0n) is 18.9. The molecule has 2 aliphatic rings. The summed E-state index contributed by atoms with van der Waals surface area (Å²) in [5.41, 5.74) is 3.55. The standard InChI is InChI=1S/C26H32ClN3O2/c1-18(2)28-25(31)16-19-8-7-15-30(24-10-4-3-9-21(19)24)26(32)22-12-11-20(17-23(22)27)29-13-5-6-14-29/h3-4,9-12,17-19H,5-8,13-16H2,1-2H3,(H,28,31). The highest BCUT2D eigenvalue weighted by molar-refractivity contribution is 6.34. The Bertz CT molecular complexity index is 985. The fraction of sp³-hybridized carbons (Fsp3) is 0.462. The van der Waals surface area contributed by atoms with Crippen molar-refractivity contribution in [2.75, 3.05) is 29.4 Å². The highest BCUT2D eigenvalue weighted by Gasteiger charge is 2.29. The van der Waals surface area contributed by atoms with Crippen molar-refractivity contribution in [1.82, 2.24) is 5.32 Å². The number of hydrogen-bond acceptors (Lipinski definition) is 3. The van der Waals surface area contributed by atoms with Crippen LogP contribution in [-0.4, -0.2) is 37.5 Å². The van der Waals surface area contributed by atoms with Crippen molar-refractivity contribution in [3.63, 3.8) is 0 Å². The van der Waals surface area contributed by atoms with E-state index in [1.165, 1.54) is 12.8 Å². The molecule has 1 fully saturated rings. The van der Waals surface area contributed by atoms with Gasteiger partial charge in [0.1, 0.15) is 0 Å². The number of fused-ring (bicyclic) bond motifs is 1. The van der Waals surface area contributed by atoms with Gasteiger partial charge in [0.05, 0.1) is 10.6 Å². The average Bonchev–Trinajstić information content (AvgIpc) is 3.24. The number of carbonyl (C=O) groups is 2. The minimum atomic E-state index is -0.0808. The molecule has 2 aliphatic heterocycles. The summed E-state index contributed by atoms with van der Waals surface area (Å²) >= 11 is 6.61. The Hall–Kier alpha value is -2.53. The summed E-state index contributed by atoms with van der Waals surface area (Å²) in [4.78, 5) is 30.2. The van der Waals surface area contributed by atoms with Crippen LogP contribution < -0.4 is 15.1 Å². The van der Waals surface area contributed by atoms with Crippen molar-refractivity contribution >= 4 is 34.8 Å². The van der Waals surface area contributed by atoms with Crippen LogP contribution in [-0.2, 0) is 4.79 Å². The number of para-hydroxylation sites is 1. The van der Waals surface area contributed by atoms with E-state index < -0.39 is 0 Å². The van der Waals surface area contributed by atoms with Crippen molar-refractivity contribution in [2.24, 2.45) is 0 Å². The van der Waals surface area contributed by atoms with Crippen molar-refractivity contribution in [3.05, 3.63) is 58.6 Å². The molecule has 170 valence electrons. The molecule has 2 aromatic rings. The molecule has 32 heavy (non-hydrogen) atoms. The minimum Gasteiger partial charge on any atom is -0.371 e. The van der Waals surface area contributed by atoms with Crippen LogP contribution in [0.5, 0.6) is 0 Å². The monoisotopic (exact) mass is 453 g/mol. The number of anilines is 2. The van der Waals surface area contributed by atoms with E-state index >= 15 is 0 Å². The first-order valence-corrected chi connectivity index (χ1v) is 12.1. The van der Waals surface area contributed by atoms with Gasteiger partial charge in [-0.05, 0) is 75.3 Å². The highest BCUT2D eigenvalue weighted by atomic mass is 35.5. The smallest absolute Gasteiger partial charge is 0.259 e. The Morgan fingerprint density at radius 1 is 1.06 bits per heavy atom. The topological polar surface area (TPSA) is 52.7 Å². The molecule has 0 saturated carbocycles. The number of nitrogens with one attached hydrogen (secondary N) is 1. The average molecular weight is 454 g/mol. The molecular weight excluding hydrogens is 422 g/mol. The van der Waals surface area contributed by atoms with E-state index in [9.17, 15) is 9.59 Å². The molecule has 2 aromatic carbocycles. The number of benzene rings is 2. The highest BCUT2D eigenvalue weighted by Crippen LogP contribution is 2.38. The molecule has 0 aromatic heterocycles. The van der Waals surface area contributed by atoms with Crippen LogP contribution in [0.2, 0.25) is 5.02 Å². The third-order valence-electron chi connectivity index (χ3n) is 6.38. The molecule has 2 heterocycles. The second kappa shape index (κ2) is 9.95. The lowest BCUT2D eigenvalue weighted by molar-refractivity contribution is -0.122. The Morgan fingerprint density at radius 3 is 2.53 bits per heavy atom. The molecule has 2 amide bonds. The van der Waals surface area contributed by atoms with Gasteiger partial charge in [-0.3, -0.25) is 9.59 Å². The van der Waals surface area contributed by atoms with E-state index in [0.29, 0.717) is 23.6 Å². The summed E-state index contributed by atoms with van der Waals surface area (Å²) < 4.78 is 0. The minimum absolute atomic E-state index is 0.0557. The largest absolute Gasteiger partial charge is 0.371 e. The number of rotatable bonds is 5. The lowest BCUT2D eigenvalue weighted by Gasteiger charge is -2.25. The zero-order valence-corrected chi connectivity index (χ0v) is 19.7.